The van der Waals surface area contributed by atoms with Gasteiger partial charge < -0.3 is 5.32 Å². The van der Waals surface area contributed by atoms with E-state index in [-0.39, 0.29) is 0 Å². The number of hydrogen-bond donors (Lipinski definition) is 1. The molecule has 0 bridgehead atoms. The fraction of sp³-hybridized carbons (Fsp3) is 0.500. The van der Waals surface area contributed by atoms with Crippen molar-refractivity contribution in [2.75, 3.05) is 13.1 Å². The van der Waals surface area contributed by atoms with E-state index < -0.39 is 0 Å². The van der Waals surface area contributed by atoms with E-state index in [0.29, 0.717) is 0 Å². The van der Waals surface area contributed by atoms with Crippen molar-refractivity contribution in [1.82, 2.24) is 5.32 Å². The first kappa shape index (κ1) is 10.3. The van der Waals surface area contributed by atoms with Crippen LogP contribution in [0.15, 0.2) is 36.4 Å². The molecule has 0 saturated carbocycles. The van der Waals surface area contributed by atoms with E-state index in [0.717, 1.165) is 5.92 Å². The summed E-state index contributed by atoms with van der Waals surface area (Å²) in [5, 5.41) is 3.32. The molecule has 1 N–H and O–H groups in total. The van der Waals surface area contributed by atoms with Crippen molar-refractivity contribution in [2.45, 2.75) is 19.8 Å². The molecule has 1 aromatic carbocycles. The van der Waals surface area contributed by atoms with Crippen LogP contribution in [0.2, 0.25) is 0 Å². The zero-order valence-electron chi connectivity index (χ0n) is 8.37. The van der Waals surface area contributed by atoms with E-state index >= 15 is 0 Å². The molecule has 0 spiro atoms. The quantitative estimate of drug-likeness (QED) is 0.642. The monoisotopic (exact) mass is 177 g/mol. The van der Waals surface area contributed by atoms with Crippen LogP contribution in [-0.4, -0.2) is 13.1 Å². The Hall–Kier alpha value is -0.820. The zero-order valence-corrected chi connectivity index (χ0v) is 8.37. The molecule has 1 fully saturated rings. The minimum absolute atomic E-state index is 0.973. The van der Waals surface area contributed by atoms with Gasteiger partial charge in [0.05, 0.1) is 0 Å². The summed E-state index contributed by atoms with van der Waals surface area (Å²) in [6, 6.07) is 12.0. The molecule has 2 rings (SSSR count). The summed E-state index contributed by atoms with van der Waals surface area (Å²) in [5.41, 5.74) is 0. The van der Waals surface area contributed by atoms with Crippen LogP contribution in [0.5, 0.6) is 0 Å². The fourth-order valence-corrected chi connectivity index (χ4v) is 1.35. The number of piperidine rings is 1. The SMILES string of the molecule is CC1CCNCC1.c1ccccc1. The number of benzene rings is 1. The molecular weight excluding hydrogens is 158 g/mol. The van der Waals surface area contributed by atoms with E-state index in [1.807, 2.05) is 36.4 Å². The second-order valence-corrected chi connectivity index (χ2v) is 3.59. The third-order valence-corrected chi connectivity index (χ3v) is 2.29. The van der Waals surface area contributed by atoms with E-state index in [4.69, 9.17) is 0 Å². The van der Waals surface area contributed by atoms with Crippen LogP contribution in [-0.2, 0) is 0 Å². The van der Waals surface area contributed by atoms with Crippen molar-refractivity contribution in [2.24, 2.45) is 5.92 Å². The van der Waals surface area contributed by atoms with Gasteiger partial charge in [0, 0.05) is 0 Å². The van der Waals surface area contributed by atoms with E-state index in [1.54, 1.807) is 0 Å². The van der Waals surface area contributed by atoms with E-state index in [9.17, 15) is 0 Å². The molecule has 0 aliphatic carbocycles. The molecule has 1 heterocycles. The molecular formula is C12H19N. The maximum absolute atomic E-state index is 3.32. The van der Waals surface area contributed by atoms with Crippen molar-refractivity contribution in [3.63, 3.8) is 0 Å². The summed E-state index contributed by atoms with van der Waals surface area (Å²) in [6.45, 7) is 4.79. The lowest BCUT2D eigenvalue weighted by Gasteiger charge is -2.17. The first-order valence-electron chi connectivity index (χ1n) is 5.10. The van der Waals surface area contributed by atoms with Gasteiger partial charge >= 0.3 is 0 Å². The average molecular weight is 177 g/mol. The van der Waals surface area contributed by atoms with Crippen LogP contribution in [0, 0.1) is 5.92 Å². The molecule has 0 radical (unpaired) electrons. The molecule has 1 aliphatic heterocycles. The average Bonchev–Trinajstić information content (AvgIpc) is 2.22. The minimum Gasteiger partial charge on any atom is -0.317 e. The van der Waals surface area contributed by atoms with Crippen molar-refractivity contribution in [3.05, 3.63) is 36.4 Å². The maximum atomic E-state index is 3.32. The fourth-order valence-electron chi connectivity index (χ4n) is 1.35. The van der Waals surface area contributed by atoms with Gasteiger partial charge in [-0.2, -0.15) is 0 Å². The lowest BCUT2D eigenvalue weighted by molar-refractivity contribution is 0.402. The van der Waals surface area contributed by atoms with Crippen molar-refractivity contribution in [3.8, 4) is 0 Å². The van der Waals surface area contributed by atoms with Crippen molar-refractivity contribution < 1.29 is 0 Å². The van der Waals surface area contributed by atoms with Crippen LogP contribution >= 0.6 is 0 Å². The molecule has 0 aromatic heterocycles. The van der Waals surface area contributed by atoms with Gasteiger partial charge in [-0.05, 0) is 31.8 Å². The van der Waals surface area contributed by atoms with Gasteiger partial charge in [0.2, 0.25) is 0 Å². The Morgan fingerprint density at radius 3 is 1.46 bits per heavy atom. The first-order chi connectivity index (χ1) is 6.39. The highest BCUT2D eigenvalue weighted by molar-refractivity contribution is 4.99. The van der Waals surface area contributed by atoms with Crippen LogP contribution in [0.3, 0.4) is 0 Å². The van der Waals surface area contributed by atoms with Crippen LogP contribution in [0.1, 0.15) is 19.8 Å². The van der Waals surface area contributed by atoms with Crippen molar-refractivity contribution >= 4 is 0 Å². The maximum Gasteiger partial charge on any atom is -0.00464 e. The zero-order chi connectivity index (χ0) is 9.36. The molecule has 72 valence electrons. The predicted octanol–water partition coefficient (Wildman–Crippen LogP) is 2.69. The van der Waals surface area contributed by atoms with E-state index in [1.165, 1.54) is 25.9 Å². The predicted molar refractivity (Wildman–Crippen MR) is 57.7 cm³/mol. The van der Waals surface area contributed by atoms with Crippen molar-refractivity contribution in [1.29, 1.82) is 0 Å². The Labute approximate surface area is 81.2 Å². The van der Waals surface area contributed by atoms with Crippen LogP contribution < -0.4 is 5.32 Å². The van der Waals surface area contributed by atoms with Gasteiger partial charge in [-0.3, -0.25) is 0 Å². The second-order valence-electron chi connectivity index (χ2n) is 3.59. The summed E-state index contributed by atoms with van der Waals surface area (Å²) in [6.07, 6.45) is 2.75. The van der Waals surface area contributed by atoms with Crippen LogP contribution in [0.4, 0.5) is 0 Å². The standard InChI is InChI=1S/C6H13N.C6H6/c1-6-2-4-7-5-3-6;1-2-4-6-5-3-1/h6-7H,2-5H2,1H3;1-6H. The first-order valence-corrected chi connectivity index (χ1v) is 5.10. The van der Waals surface area contributed by atoms with Crippen LogP contribution in [0.25, 0.3) is 0 Å². The minimum atomic E-state index is 0.973. The summed E-state index contributed by atoms with van der Waals surface area (Å²) in [4.78, 5) is 0. The largest absolute Gasteiger partial charge is 0.317 e. The Kier molecular flexibility index (Phi) is 5.27. The Morgan fingerprint density at radius 2 is 1.23 bits per heavy atom. The number of rotatable bonds is 0. The van der Waals surface area contributed by atoms with Gasteiger partial charge in [0.25, 0.3) is 0 Å². The third kappa shape index (κ3) is 5.42. The smallest absolute Gasteiger partial charge is 0.00464 e. The summed E-state index contributed by atoms with van der Waals surface area (Å²) >= 11 is 0. The van der Waals surface area contributed by atoms with Gasteiger partial charge in [-0.25, -0.2) is 0 Å². The van der Waals surface area contributed by atoms with Gasteiger partial charge in [0.1, 0.15) is 0 Å². The van der Waals surface area contributed by atoms with Gasteiger partial charge in [-0.1, -0.05) is 43.3 Å². The Balaban J connectivity index is 0.000000132. The molecule has 1 aliphatic rings. The molecule has 0 amide bonds. The summed E-state index contributed by atoms with van der Waals surface area (Å²) < 4.78 is 0. The molecule has 13 heavy (non-hydrogen) atoms. The highest BCUT2D eigenvalue weighted by Crippen LogP contribution is 2.08. The highest BCUT2D eigenvalue weighted by atomic mass is 14.9. The third-order valence-electron chi connectivity index (χ3n) is 2.29. The second kappa shape index (κ2) is 6.67. The molecule has 1 nitrogen and oxygen atoms in total. The molecule has 1 aromatic rings. The Morgan fingerprint density at radius 1 is 0.846 bits per heavy atom. The number of nitrogens with one attached hydrogen (secondary N) is 1. The summed E-state index contributed by atoms with van der Waals surface area (Å²) in [5.74, 6) is 0.973. The molecule has 0 atom stereocenters. The topological polar surface area (TPSA) is 12.0 Å². The lowest BCUT2D eigenvalue weighted by Crippen LogP contribution is -2.26. The Bertz CT molecular complexity index is 163. The molecule has 1 heteroatoms. The normalized spacial score (nSPS) is 17.3. The summed E-state index contributed by atoms with van der Waals surface area (Å²) in [7, 11) is 0. The van der Waals surface area contributed by atoms with Gasteiger partial charge in [-0.15, -0.1) is 0 Å². The van der Waals surface area contributed by atoms with Gasteiger partial charge in [0.15, 0.2) is 0 Å². The molecule has 1 saturated heterocycles. The molecule has 0 unspecified atom stereocenters. The number of hydrogen-bond acceptors (Lipinski definition) is 1. The van der Waals surface area contributed by atoms with E-state index in [2.05, 4.69) is 12.2 Å². The lowest BCUT2D eigenvalue weighted by atomic mass is 10.0. The highest BCUT2D eigenvalue weighted by Gasteiger charge is 2.04.